The largest absolute Gasteiger partial charge is 0.425 e. The van der Waals surface area contributed by atoms with Crippen LogP contribution in [0.5, 0.6) is 0 Å². The van der Waals surface area contributed by atoms with E-state index >= 15 is 0 Å². The number of anilines is 1. The maximum Gasteiger partial charge on any atom is 0.216 e. The molecule has 7 heteroatoms. The fourth-order valence-corrected chi connectivity index (χ4v) is 3.35. The van der Waals surface area contributed by atoms with Crippen molar-refractivity contribution >= 4 is 17.4 Å². The molecule has 0 radical (unpaired) electrons. The Bertz CT molecular complexity index is 767. The van der Waals surface area contributed by atoms with Crippen molar-refractivity contribution in [2.75, 3.05) is 5.32 Å². The number of hydrogen-bond donors (Lipinski definition) is 1. The number of aromatic nitrogens is 3. The molecular formula is C17H20ClN5O. The zero-order valence-electron chi connectivity index (χ0n) is 13.8. The molecule has 6 nitrogen and oxygen atoms in total. The van der Waals surface area contributed by atoms with E-state index in [4.69, 9.17) is 21.3 Å². The third kappa shape index (κ3) is 3.68. The molecule has 0 amide bonds. The quantitative estimate of drug-likeness (QED) is 0.889. The first-order chi connectivity index (χ1) is 11.6. The van der Waals surface area contributed by atoms with Gasteiger partial charge in [0.25, 0.3) is 0 Å². The molecule has 0 spiro atoms. The third-order valence-corrected chi connectivity index (χ3v) is 4.73. The van der Waals surface area contributed by atoms with Gasteiger partial charge in [0, 0.05) is 18.9 Å². The Morgan fingerprint density at radius 3 is 2.88 bits per heavy atom. The molecular weight excluding hydrogens is 326 g/mol. The second kappa shape index (κ2) is 7.18. The molecule has 126 valence electrons. The van der Waals surface area contributed by atoms with E-state index in [1.54, 1.807) is 6.07 Å². The lowest BCUT2D eigenvalue weighted by Gasteiger charge is -2.15. The first-order valence-electron chi connectivity index (χ1n) is 8.24. The Morgan fingerprint density at radius 2 is 2.17 bits per heavy atom. The Kier molecular flexibility index (Phi) is 5.00. The molecule has 0 aromatic carbocycles. The minimum Gasteiger partial charge on any atom is -0.425 e. The van der Waals surface area contributed by atoms with E-state index in [1.165, 1.54) is 0 Å². The molecule has 1 fully saturated rings. The monoisotopic (exact) mass is 345 g/mol. The van der Waals surface area contributed by atoms with E-state index in [-0.39, 0.29) is 0 Å². The molecule has 2 atom stereocenters. The van der Waals surface area contributed by atoms with E-state index in [0.29, 0.717) is 39.9 Å². The number of nitrogens with one attached hydrogen (secondary N) is 1. The van der Waals surface area contributed by atoms with Crippen LogP contribution in [0.15, 0.2) is 10.5 Å². The summed E-state index contributed by atoms with van der Waals surface area (Å²) in [7, 11) is 0. The number of nitrogens with zero attached hydrogens (tertiary/aromatic N) is 4. The Morgan fingerprint density at radius 1 is 1.38 bits per heavy atom. The van der Waals surface area contributed by atoms with Gasteiger partial charge < -0.3 is 9.73 Å². The molecule has 2 aromatic heterocycles. The normalized spacial score (nSPS) is 20.1. The highest BCUT2D eigenvalue weighted by molar-refractivity contribution is 6.33. The predicted molar refractivity (Wildman–Crippen MR) is 90.8 cm³/mol. The Hall–Kier alpha value is -2.13. The summed E-state index contributed by atoms with van der Waals surface area (Å²) in [5.41, 5.74) is 1.20. The summed E-state index contributed by atoms with van der Waals surface area (Å²) in [4.78, 5) is 4.42. The molecule has 24 heavy (non-hydrogen) atoms. The van der Waals surface area contributed by atoms with Gasteiger partial charge in [0.15, 0.2) is 0 Å². The zero-order valence-corrected chi connectivity index (χ0v) is 14.6. The first-order valence-corrected chi connectivity index (χ1v) is 8.61. The van der Waals surface area contributed by atoms with Crippen LogP contribution in [0.25, 0.3) is 0 Å². The van der Waals surface area contributed by atoms with Gasteiger partial charge in [-0.2, -0.15) is 5.26 Å². The second-order valence-corrected chi connectivity index (χ2v) is 6.64. The highest BCUT2D eigenvalue weighted by Crippen LogP contribution is 2.32. The van der Waals surface area contributed by atoms with Crippen LogP contribution in [0.4, 0.5) is 5.82 Å². The summed E-state index contributed by atoms with van der Waals surface area (Å²) in [5, 5.41) is 21.0. The standard InChI is InChI=1S/C17H20ClN5O/c1-3-15-22-23-16(24-15)7-11-4-5-13(6-11)21-17-14(18)8-12(9-19)10(2)20-17/h8,11,13H,3-7H2,1-2H3,(H,20,21)/t11-,13+/m1/s1. The van der Waals surface area contributed by atoms with Gasteiger partial charge in [-0.05, 0) is 38.2 Å². The average molecular weight is 346 g/mol. The van der Waals surface area contributed by atoms with Crippen molar-refractivity contribution < 1.29 is 4.42 Å². The van der Waals surface area contributed by atoms with Gasteiger partial charge >= 0.3 is 0 Å². The van der Waals surface area contributed by atoms with E-state index in [2.05, 4.69) is 26.6 Å². The smallest absolute Gasteiger partial charge is 0.216 e. The molecule has 1 aliphatic rings. The second-order valence-electron chi connectivity index (χ2n) is 6.23. The maximum atomic E-state index is 9.02. The minimum absolute atomic E-state index is 0.320. The summed E-state index contributed by atoms with van der Waals surface area (Å²) in [6.07, 6.45) is 4.76. The molecule has 2 heterocycles. The summed E-state index contributed by atoms with van der Waals surface area (Å²) in [5.74, 6) is 2.60. The lowest BCUT2D eigenvalue weighted by molar-refractivity contribution is 0.409. The number of pyridine rings is 1. The van der Waals surface area contributed by atoms with Crippen molar-refractivity contribution in [2.45, 2.75) is 52.0 Å². The third-order valence-electron chi connectivity index (χ3n) is 4.44. The summed E-state index contributed by atoms with van der Waals surface area (Å²) >= 11 is 6.23. The van der Waals surface area contributed by atoms with E-state index in [1.807, 2.05) is 13.8 Å². The highest BCUT2D eigenvalue weighted by atomic mass is 35.5. The van der Waals surface area contributed by atoms with Gasteiger partial charge in [-0.3, -0.25) is 0 Å². The van der Waals surface area contributed by atoms with Gasteiger partial charge in [-0.1, -0.05) is 18.5 Å². The van der Waals surface area contributed by atoms with Gasteiger partial charge in [-0.15, -0.1) is 10.2 Å². The fourth-order valence-electron chi connectivity index (χ4n) is 3.14. The predicted octanol–water partition coefficient (Wildman–Crippen LogP) is 3.68. The molecule has 1 aliphatic carbocycles. The van der Waals surface area contributed by atoms with Crippen LogP contribution in [-0.4, -0.2) is 21.2 Å². The van der Waals surface area contributed by atoms with Crippen molar-refractivity contribution in [3.63, 3.8) is 0 Å². The first kappa shape index (κ1) is 16.7. The molecule has 0 aliphatic heterocycles. The highest BCUT2D eigenvalue weighted by Gasteiger charge is 2.27. The lowest BCUT2D eigenvalue weighted by atomic mass is 10.0. The van der Waals surface area contributed by atoms with Crippen molar-refractivity contribution in [2.24, 2.45) is 5.92 Å². The molecule has 2 aromatic rings. The van der Waals surface area contributed by atoms with Crippen molar-refractivity contribution in [1.29, 1.82) is 5.26 Å². The van der Waals surface area contributed by atoms with E-state index in [0.717, 1.165) is 38.0 Å². The van der Waals surface area contributed by atoms with Crippen molar-refractivity contribution in [1.82, 2.24) is 15.2 Å². The van der Waals surface area contributed by atoms with Gasteiger partial charge in [-0.25, -0.2) is 4.98 Å². The fraction of sp³-hybridized carbons (Fsp3) is 0.529. The number of nitriles is 1. The van der Waals surface area contributed by atoms with Crippen LogP contribution in [-0.2, 0) is 12.8 Å². The molecule has 3 rings (SSSR count). The minimum atomic E-state index is 0.320. The molecule has 0 unspecified atom stereocenters. The SMILES string of the molecule is CCc1nnc(C[C@@H]2CC[C@H](Nc3nc(C)c(C#N)cc3Cl)C2)o1. The number of aryl methyl sites for hydroxylation is 2. The van der Waals surface area contributed by atoms with E-state index in [9.17, 15) is 0 Å². The molecule has 0 bridgehead atoms. The number of halogens is 1. The number of rotatable bonds is 5. The van der Waals surface area contributed by atoms with Gasteiger partial charge in [0.2, 0.25) is 11.8 Å². The van der Waals surface area contributed by atoms with Crippen molar-refractivity contribution in [3.05, 3.63) is 34.1 Å². The summed E-state index contributed by atoms with van der Waals surface area (Å²) in [6.45, 7) is 3.82. The van der Waals surface area contributed by atoms with Gasteiger partial charge in [0.05, 0.1) is 16.3 Å². The molecule has 1 saturated carbocycles. The zero-order chi connectivity index (χ0) is 17.1. The van der Waals surface area contributed by atoms with Crippen molar-refractivity contribution in [3.8, 4) is 6.07 Å². The van der Waals surface area contributed by atoms with Crippen LogP contribution >= 0.6 is 11.6 Å². The van der Waals surface area contributed by atoms with E-state index < -0.39 is 0 Å². The van der Waals surface area contributed by atoms with Crippen LogP contribution in [0.2, 0.25) is 5.02 Å². The Labute approximate surface area is 146 Å². The Balaban J connectivity index is 1.60. The van der Waals surface area contributed by atoms with Crippen LogP contribution in [0.1, 0.15) is 49.2 Å². The number of hydrogen-bond acceptors (Lipinski definition) is 6. The maximum absolute atomic E-state index is 9.02. The molecule has 0 saturated heterocycles. The van der Waals surface area contributed by atoms with Gasteiger partial charge in [0.1, 0.15) is 11.9 Å². The summed E-state index contributed by atoms with van der Waals surface area (Å²) in [6, 6.07) is 4.09. The average Bonchev–Trinajstić information content (AvgIpc) is 3.20. The van der Waals surface area contributed by atoms with Crippen LogP contribution in [0, 0.1) is 24.2 Å². The lowest BCUT2D eigenvalue weighted by Crippen LogP contribution is -2.17. The van der Waals surface area contributed by atoms with Crippen LogP contribution < -0.4 is 5.32 Å². The summed E-state index contributed by atoms with van der Waals surface area (Å²) < 4.78 is 5.60. The van der Waals surface area contributed by atoms with Crippen LogP contribution in [0.3, 0.4) is 0 Å². The molecule has 1 N–H and O–H groups in total. The topological polar surface area (TPSA) is 87.6 Å².